The molecule has 1 aliphatic heterocycles. The number of carbonyl (C=O) groups excluding carboxylic acids is 1. The molecular formula is C11H13FN2O. The van der Waals surface area contributed by atoms with Crippen molar-refractivity contribution in [1.82, 2.24) is 5.32 Å². The molecule has 1 heterocycles. The number of piperidine rings is 1. The van der Waals surface area contributed by atoms with Crippen molar-refractivity contribution < 1.29 is 9.18 Å². The molecule has 0 spiro atoms. The van der Waals surface area contributed by atoms with Gasteiger partial charge in [0.15, 0.2) is 0 Å². The van der Waals surface area contributed by atoms with Crippen molar-refractivity contribution in [3.05, 3.63) is 29.6 Å². The second kappa shape index (κ2) is 3.88. The molecule has 80 valence electrons. The summed E-state index contributed by atoms with van der Waals surface area (Å²) in [4.78, 5) is 11.2. The number of nitrogens with one attached hydrogen (secondary N) is 1. The largest absolute Gasteiger partial charge is 0.399 e. The molecule has 1 aromatic carbocycles. The Labute approximate surface area is 87.5 Å². The maximum atomic E-state index is 13.6. The number of halogens is 1. The fourth-order valence-corrected chi connectivity index (χ4v) is 1.92. The Morgan fingerprint density at radius 3 is 2.93 bits per heavy atom. The van der Waals surface area contributed by atoms with Gasteiger partial charge in [-0.3, -0.25) is 4.79 Å². The highest BCUT2D eigenvalue weighted by atomic mass is 19.1. The van der Waals surface area contributed by atoms with Gasteiger partial charge in [0.1, 0.15) is 5.82 Å². The Balaban J connectivity index is 2.24. The van der Waals surface area contributed by atoms with Gasteiger partial charge in [0, 0.05) is 18.7 Å². The highest BCUT2D eigenvalue weighted by molar-refractivity contribution is 5.77. The SMILES string of the molecule is Nc1ccc(C2CCNC(=O)C2)c(F)c1. The summed E-state index contributed by atoms with van der Waals surface area (Å²) >= 11 is 0. The zero-order valence-electron chi connectivity index (χ0n) is 8.29. The first kappa shape index (κ1) is 9.96. The maximum Gasteiger partial charge on any atom is 0.220 e. The van der Waals surface area contributed by atoms with E-state index in [2.05, 4.69) is 5.32 Å². The van der Waals surface area contributed by atoms with Crippen molar-refractivity contribution in [2.24, 2.45) is 0 Å². The van der Waals surface area contributed by atoms with E-state index in [9.17, 15) is 9.18 Å². The molecule has 1 fully saturated rings. The van der Waals surface area contributed by atoms with E-state index in [1.165, 1.54) is 6.07 Å². The van der Waals surface area contributed by atoms with Crippen LogP contribution in [0.25, 0.3) is 0 Å². The van der Waals surface area contributed by atoms with Gasteiger partial charge in [-0.1, -0.05) is 6.07 Å². The Morgan fingerprint density at radius 2 is 2.27 bits per heavy atom. The van der Waals surface area contributed by atoms with E-state index >= 15 is 0 Å². The van der Waals surface area contributed by atoms with Crippen LogP contribution in [0.3, 0.4) is 0 Å². The Kier molecular flexibility index (Phi) is 2.58. The molecular weight excluding hydrogens is 195 g/mol. The van der Waals surface area contributed by atoms with Crippen LogP contribution in [-0.2, 0) is 4.79 Å². The van der Waals surface area contributed by atoms with Gasteiger partial charge < -0.3 is 11.1 Å². The highest BCUT2D eigenvalue weighted by Crippen LogP contribution is 2.28. The van der Waals surface area contributed by atoms with E-state index in [4.69, 9.17) is 5.73 Å². The van der Waals surface area contributed by atoms with Crippen molar-refractivity contribution in [2.75, 3.05) is 12.3 Å². The molecule has 3 nitrogen and oxygen atoms in total. The first-order valence-corrected chi connectivity index (χ1v) is 4.98. The van der Waals surface area contributed by atoms with Crippen LogP contribution in [0.5, 0.6) is 0 Å². The molecule has 1 unspecified atom stereocenters. The van der Waals surface area contributed by atoms with Crippen molar-refractivity contribution in [3.63, 3.8) is 0 Å². The normalized spacial score (nSPS) is 21.1. The van der Waals surface area contributed by atoms with Crippen molar-refractivity contribution in [2.45, 2.75) is 18.8 Å². The zero-order valence-corrected chi connectivity index (χ0v) is 8.29. The molecule has 1 amide bonds. The fourth-order valence-electron chi connectivity index (χ4n) is 1.92. The molecule has 1 aromatic rings. The maximum absolute atomic E-state index is 13.6. The van der Waals surface area contributed by atoms with E-state index in [0.29, 0.717) is 24.2 Å². The smallest absolute Gasteiger partial charge is 0.220 e. The predicted molar refractivity (Wildman–Crippen MR) is 55.8 cm³/mol. The summed E-state index contributed by atoms with van der Waals surface area (Å²) in [6.07, 6.45) is 1.15. The van der Waals surface area contributed by atoms with Crippen LogP contribution < -0.4 is 11.1 Å². The Bertz CT molecular complexity index is 392. The lowest BCUT2D eigenvalue weighted by molar-refractivity contribution is -0.122. The minimum atomic E-state index is -0.310. The standard InChI is InChI=1S/C11H13FN2O/c12-10-6-8(13)1-2-9(10)7-3-4-14-11(15)5-7/h1-2,6-7H,3-5,13H2,(H,14,15). The Morgan fingerprint density at radius 1 is 1.47 bits per heavy atom. The zero-order chi connectivity index (χ0) is 10.8. The van der Waals surface area contributed by atoms with E-state index in [-0.39, 0.29) is 17.6 Å². The van der Waals surface area contributed by atoms with Gasteiger partial charge >= 0.3 is 0 Å². The van der Waals surface area contributed by atoms with E-state index in [1.807, 2.05) is 0 Å². The Hall–Kier alpha value is -1.58. The first-order chi connectivity index (χ1) is 7.16. The molecule has 0 saturated carbocycles. The molecule has 2 rings (SSSR count). The third-order valence-corrected chi connectivity index (χ3v) is 2.71. The summed E-state index contributed by atoms with van der Waals surface area (Å²) in [6, 6.07) is 4.65. The lowest BCUT2D eigenvalue weighted by atomic mass is 9.89. The number of amides is 1. The van der Waals surface area contributed by atoms with Crippen LogP contribution in [0.2, 0.25) is 0 Å². The number of hydrogen-bond donors (Lipinski definition) is 2. The summed E-state index contributed by atoms with van der Waals surface area (Å²) < 4.78 is 13.6. The first-order valence-electron chi connectivity index (χ1n) is 4.98. The molecule has 4 heteroatoms. The molecule has 0 bridgehead atoms. The highest BCUT2D eigenvalue weighted by Gasteiger charge is 2.22. The molecule has 0 aromatic heterocycles. The average Bonchev–Trinajstić information content (AvgIpc) is 2.17. The second-order valence-corrected chi connectivity index (χ2v) is 3.82. The quantitative estimate of drug-likeness (QED) is 0.685. The number of benzene rings is 1. The van der Waals surface area contributed by atoms with E-state index < -0.39 is 0 Å². The number of nitrogens with two attached hydrogens (primary N) is 1. The minimum absolute atomic E-state index is 0.0116. The van der Waals surface area contributed by atoms with Crippen LogP contribution in [-0.4, -0.2) is 12.5 Å². The van der Waals surface area contributed by atoms with E-state index in [1.54, 1.807) is 12.1 Å². The van der Waals surface area contributed by atoms with Crippen LogP contribution in [0, 0.1) is 5.82 Å². The predicted octanol–water partition coefficient (Wildman–Crippen LogP) is 1.40. The number of rotatable bonds is 1. The topological polar surface area (TPSA) is 55.1 Å². The lowest BCUT2D eigenvalue weighted by Crippen LogP contribution is -2.32. The number of carbonyl (C=O) groups is 1. The van der Waals surface area contributed by atoms with Crippen LogP contribution in [0.15, 0.2) is 18.2 Å². The lowest BCUT2D eigenvalue weighted by Gasteiger charge is -2.22. The van der Waals surface area contributed by atoms with Gasteiger partial charge in [0.25, 0.3) is 0 Å². The molecule has 0 aliphatic carbocycles. The van der Waals surface area contributed by atoms with Gasteiger partial charge in [-0.05, 0) is 30.0 Å². The number of nitrogen functional groups attached to an aromatic ring is 1. The van der Waals surface area contributed by atoms with Crippen LogP contribution >= 0.6 is 0 Å². The summed E-state index contributed by atoms with van der Waals surface area (Å²) in [5.74, 6) is -0.337. The van der Waals surface area contributed by atoms with Gasteiger partial charge in [0.05, 0.1) is 0 Å². The van der Waals surface area contributed by atoms with Gasteiger partial charge in [-0.15, -0.1) is 0 Å². The van der Waals surface area contributed by atoms with Gasteiger partial charge in [-0.2, -0.15) is 0 Å². The van der Waals surface area contributed by atoms with Gasteiger partial charge in [-0.25, -0.2) is 4.39 Å². The van der Waals surface area contributed by atoms with Crippen molar-refractivity contribution in [3.8, 4) is 0 Å². The molecule has 15 heavy (non-hydrogen) atoms. The third-order valence-electron chi connectivity index (χ3n) is 2.71. The fraction of sp³-hybridized carbons (Fsp3) is 0.364. The third kappa shape index (κ3) is 2.09. The molecule has 3 N–H and O–H groups in total. The summed E-state index contributed by atoms with van der Waals surface area (Å²) in [7, 11) is 0. The molecule has 1 aliphatic rings. The number of hydrogen-bond acceptors (Lipinski definition) is 2. The van der Waals surface area contributed by atoms with Crippen molar-refractivity contribution in [1.29, 1.82) is 0 Å². The summed E-state index contributed by atoms with van der Waals surface area (Å²) in [5.41, 5.74) is 6.47. The van der Waals surface area contributed by atoms with Gasteiger partial charge in [0.2, 0.25) is 5.91 Å². The monoisotopic (exact) mass is 208 g/mol. The summed E-state index contributed by atoms with van der Waals surface area (Å²) in [6.45, 7) is 0.618. The molecule has 1 atom stereocenters. The summed E-state index contributed by atoms with van der Waals surface area (Å²) in [5, 5.41) is 2.73. The minimum Gasteiger partial charge on any atom is -0.399 e. The van der Waals surface area contributed by atoms with Crippen molar-refractivity contribution >= 4 is 11.6 Å². The van der Waals surface area contributed by atoms with Crippen LogP contribution in [0.4, 0.5) is 10.1 Å². The average molecular weight is 208 g/mol. The molecule has 1 saturated heterocycles. The molecule has 0 radical (unpaired) electrons. The van der Waals surface area contributed by atoms with Crippen LogP contribution in [0.1, 0.15) is 24.3 Å². The number of anilines is 1. The second-order valence-electron chi connectivity index (χ2n) is 3.82. The van der Waals surface area contributed by atoms with E-state index in [0.717, 1.165) is 6.42 Å².